The van der Waals surface area contributed by atoms with Gasteiger partial charge >= 0.3 is 0 Å². The molecule has 2 heterocycles. The van der Waals surface area contributed by atoms with Crippen LogP contribution < -0.4 is 9.47 Å². The molecule has 2 aromatic rings. The minimum atomic E-state index is -0.0639. The number of ether oxygens (including phenoxy) is 2. The Balaban J connectivity index is 1.81. The first-order valence-electron chi connectivity index (χ1n) is 9.87. The van der Waals surface area contributed by atoms with Crippen LogP contribution in [0.25, 0.3) is 0 Å². The van der Waals surface area contributed by atoms with Gasteiger partial charge in [-0.15, -0.1) is 11.3 Å². The molecule has 0 unspecified atom stereocenters. The highest BCUT2D eigenvalue weighted by molar-refractivity contribution is 7.10. The fraction of sp³-hybridized carbons (Fsp3) is 0.455. The third-order valence-electron chi connectivity index (χ3n) is 5.02. The summed E-state index contributed by atoms with van der Waals surface area (Å²) in [7, 11) is 0. The third-order valence-corrected chi connectivity index (χ3v) is 6.03. The largest absolute Gasteiger partial charge is 0.454 e. The average molecular weight is 417 g/mol. The molecular formula is C22H28N2O4S. The molecule has 0 bridgehead atoms. The van der Waals surface area contributed by atoms with E-state index in [2.05, 4.69) is 13.0 Å². The SMILES string of the molecule is CCC(=O)N(CC(=O)N(Cc1ccc2c(c1)OCO2)Cc1sccc1C)C(C)C. The standard InChI is InChI=1S/C22H28N2O4S/c1-5-21(25)24(15(2)3)13-22(26)23(12-20-16(4)8-9-29-20)11-17-6-7-18-19(10-17)28-14-27-18/h6-10,15H,5,11-14H2,1-4H3. The van der Waals surface area contributed by atoms with E-state index in [-0.39, 0.29) is 31.2 Å². The lowest BCUT2D eigenvalue weighted by molar-refractivity contribution is -0.142. The quantitative estimate of drug-likeness (QED) is 0.654. The second kappa shape index (κ2) is 9.31. The maximum Gasteiger partial charge on any atom is 0.242 e. The molecule has 1 aromatic heterocycles. The van der Waals surface area contributed by atoms with Gasteiger partial charge in [-0.1, -0.05) is 13.0 Å². The zero-order valence-corrected chi connectivity index (χ0v) is 18.3. The van der Waals surface area contributed by atoms with Gasteiger partial charge in [-0.05, 0) is 55.5 Å². The van der Waals surface area contributed by atoms with E-state index in [1.807, 2.05) is 49.3 Å². The summed E-state index contributed by atoms with van der Waals surface area (Å²) in [5, 5.41) is 2.04. The molecule has 0 saturated heterocycles. The molecule has 0 spiro atoms. The Kier molecular flexibility index (Phi) is 6.79. The number of amides is 2. The van der Waals surface area contributed by atoms with Crippen LogP contribution in [0.2, 0.25) is 0 Å². The number of benzene rings is 1. The number of nitrogens with zero attached hydrogens (tertiary/aromatic N) is 2. The normalized spacial score (nSPS) is 12.3. The summed E-state index contributed by atoms with van der Waals surface area (Å²) < 4.78 is 10.9. The summed E-state index contributed by atoms with van der Waals surface area (Å²) in [5.74, 6) is 1.35. The molecule has 156 valence electrons. The van der Waals surface area contributed by atoms with Crippen molar-refractivity contribution in [1.82, 2.24) is 9.80 Å². The van der Waals surface area contributed by atoms with Gasteiger partial charge in [0.2, 0.25) is 18.6 Å². The van der Waals surface area contributed by atoms with E-state index in [0.717, 1.165) is 16.2 Å². The lowest BCUT2D eigenvalue weighted by Crippen LogP contribution is -2.45. The minimum Gasteiger partial charge on any atom is -0.454 e. The number of aryl methyl sites for hydroxylation is 1. The molecule has 7 heteroatoms. The van der Waals surface area contributed by atoms with Gasteiger partial charge in [-0.25, -0.2) is 0 Å². The smallest absolute Gasteiger partial charge is 0.242 e. The first-order chi connectivity index (χ1) is 13.9. The van der Waals surface area contributed by atoms with E-state index in [1.54, 1.807) is 16.2 Å². The van der Waals surface area contributed by atoms with Crippen LogP contribution in [0.5, 0.6) is 11.5 Å². The van der Waals surface area contributed by atoms with E-state index in [9.17, 15) is 9.59 Å². The van der Waals surface area contributed by atoms with E-state index in [4.69, 9.17) is 9.47 Å². The highest BCUT2D eigenvalue weighted by Gasteiger charge is 2.24. The topological polar surface area (TPSA) is 59.1 Å². The molecule has 2 amide bonds. The summed E-state index contributed by atoms with van der Waals surface area (Å²) in [5.41, 5.74) is 2.14. The molecule has 3 rings (SSSR count). The van der Waals surface area contributed by atoms with Crippen LogP contribution in [0.4, 0.5) is 0 Å². The van der Waals surface area contributed by atoms with Crippen LogP contribution in [0.15, 0.2) is 29.6 Å². The van der Waals surface area contributed by atoms with E-state index in [0.29, 0.717) is 25.3 Å². The van der Waals surface area contributed by atoms with Gasteiger partial charge in [0.1, 0.15) is 0 Å². The van der Waals surface area contributed by atoms with Crippen LogP contribution in [-0.4, -0.2) is 41.0 Å². The van der Waals surface area contributed by atoms with Gasteiger partial charge in [0, 0.05) is 23.9 Å². The maximum absolute atomic E-state index is 13.2. The summed E-state index contributed by atoms with van der Waals surface area (Å²) in [6.45, 7) is 9.01. The van der Waals surface area contributed by atoms with Crippen molar-refractivity contribution in [2.24, 2.45) is 0 Å². The molecule has 1 aliphatic heterocycles. The number of fused-ring (bicyclic) bond motifs is 1. The fourth-order valence-corrected chi connectivity index (χ4v) is 4.16. The van der Waals surface area contributed by atoms with Gasteiger partial charge < -0.3 is 19.3 Å². The van der Waals surface area contributed by atoms with Gasteiger partial charge in [-0.2, -0.15) is 0 Å². The Bertz CT molecular complexity index is 877. The monoisotopic (exact) mass is 416 g/mol. The molecule has 1 aromatic carbocycles. The highest BCUT2D eigenvalue weighted by Crippen LogP contribution is 2.33. The molecule has 0 radical (unpaired) electrons. The van der Waals surface area contributed by atoms with E-state index < -0.39 is 0 Å². The number of hydrogen-bond acceptors (Lipinski definition) is 5. The zero-order chi connectivity index (χ0) is 21.0. The summed E-state index contributed by atoms with van der Waals surface area (Å²) in [4.78, 5) is 30.1. The summed E-state index contributed by atoms with van der Waals surface area (Å²) in [6.07, 6.45) is 0.387. The van der Waals surface area contributed by atoms with Crippen molar-refractivity contribution < 1.29 is 19.1 Å². The molecule has 6 nitrogen and oxygen atoms in total. The molecule has 0 atom stereocenters. The van der Waals surface area contributed by atoms with Gasteiger partial charge in [-0.3, -0.25) is 9.59 Å². The summed E-state index contributed by atoms with van der Waals surface area (Å²) in [6, 6.07) is 7.78. The van der Waals surface area contributed by atoms with Crippen LogP contribution >= 0.6 is 11.3 Å². The first-order valence-corrected chi connectivity index (χ1v) is 10.8. The van der Waals surface area contributed by atoms with Crippen molar-refractivity contribution in [3.05, 3.63) is 45.6 Å². The lowest BCUT2D eigenvalue weighted by Gasteiger charge is -2.30. The predicted octanol–water partition coefficient (Wildman–Crippen LogP) is 3.96. The molecule has 0 fully saturated rings. The van der Waals surface area contributed by atoms with Gasteiger partial charge in [0.15, 0.2) is 11.5 Å². The lowest BCUT2D eigenvalue weighted by atomic mass is 10.1. The molecule has 0 N–H and O–H groups in total. The van der Waals surface area contributed by atoms with Crippen LogP contribution in [0.1, 0.15) is 43.2 Å². The number of carbonyl (C=O) groups excluding carboxylic acids is 2. The van der Waals surface area contributed by atoms with Crippen LogP contribution in [0, 0.1) is 6.92 Å². The Hall–Kier alpha value is -2.54. The zero-order valence-electron chi connectivity index (χ0n) is 17.4. The predicted molar refractivity (Wildman–Crippen MR) is 113 cm³/mol. The molecular weight excluding hydrogens is 388 g/mol. The van der Waals surface area contributed by atoms with Crippen LogP contribution in [0.3, 0.4) is 0 Å². The van der Waals surface area contributed by atoms with Gasteiger partial charge in [0.25, 0.3) is 0 Å². The van der Waals surface area contributed by atoms with Crippen molar-refractivity contribution >= 4 is 23.2 Å². The number of thiophene rings is 1. The van der Waals surface area contributed by atoms with Crippen molar-refractivity contribution in [2.45, 2.75) is 53.2 Å². The highest BCUT2D eigenvalue weighted by atomic mass is 32.1. The third kappa shape index (κ3) is 5.09. The molecule has 29 heavy (non-hydrogen) atoms. The van der Waals surface area contributed by atoms with Gasteiger partial charge in [0.05, 0.1) is 13.1 Å². The number of hydrogen-bond donors (Lipinski definition) is 0. The van der Waals surface area contributed by atoms with Crippen molar-refractivity contribution in [2.75, 3.05) is 13.3 Å². The Morgan fingerprint density at radius 3 is 2.52 bits per heavy atom. The Labute approximate surface area is 176 Å². The van der Waals surface area contributed by atoms with E-state index in [1.165, 1.54) is 5.56 Å². The Morgan fingerprint density at radius 2 is 1.86 bits per heavy atom. The second-order valence-corrected chi connectivity index (χ2v) is 8.43. The maximum atomic E-state index is 13.2. The molecule has 1 aliphatic rings. The molecule has 0 saturated carbocycles. The molecule has 0 aliphatic carbocycles. The number of rotatable bonds is 8. The van der Waals surface area contributed by atoms with E-state index >= 15 is 0 Å². The first kappa shape index (κ1) is 21.2. The minimum absolute atomic E-state index is 0.0105. The average Bonchev–Trinajstić information content (AvgIpc) is 3.33. The summed E-state index contributed by atoms with van der Waals surface area (Å²) >= 11 is 1.64. The Morgan fingerprint density at radius 1 is 1.10 bits per heavy atom. The van der Waals surface area contributed by atoms with Crippen LogP contribution in [-0.2, 0) is 22.7 Å². The van der Waals surface area contributed by atoms with Crippen molar-refractivity contribution in [3.8, 4) is 11.5 Å². The second-order valence-electron chi connectivity index (χ2n) is 7.43. The fourth-order valence-electron chi connectivity index (χ4n) is 3.24. The van der Waals surface area contributed by atoms with Crippen molar-refractivity contribution in [1.29, 1.82) is 0 Å². The van der Waals surface area contributed by atoms with Crippen molar-refractivity contribution in [3.63, 3.8) is 0 Å². The number of carbonyl (C=O) groups is 2.